The zero-order valence-corrected chi connectivity index (χ0v) is 7.27. The molecule has 1 fully saturated rings. The summed E-state index contributed by atoms with van der Waals surface area (Å²) in [5.41, 5.74) is 7.73. The summed E-state index contributed by atoms with van der Waals surface area (Å²) in [6, 6.07) is 0. The van der Waals surface area contributed by atoms with Gasteiger partial charge >= 0.3 is 0 Å². The Morgan fingerprint density at radius 1 is 1.64 bits per heavy atom. The molecule has 11 heavy (non-hydrogen) atoms. The molecular formula is C10H17N. The molecule has 0 saturated heterocycles. The van der Waals surface area contributed by atoms with Crippen LogP contribution in [0.4, 0.5) is 0 Å². The highest BCUT2D eigenvalue weighted by Crippen LogP contribution is 2.38. The van der Waals surface area contributed by atoms with Crippen LogP contribution < -0.4 is 5.73 Å². The monoisotopic (exact) mass is 151 g/mol. The van der Waals surface area contributed by atoms with Crippen LogP contribution in [0.1, 0.15) is 39.0 Å². The molecule has 0 aromatic carbocycles. The van der Waals surface area contributed by atoms with E-state index >= 15 is 0 Å². The Balaban J connectivity index is 2.23. The molecule has 2 bridgehead atoms. The lowest BCUT2D eigenvalue weighted by Gasteiger charge is -2.37. The van der Waals surface area contributed by atoms with Gasteiger partial charge in [-0.25, -0.2) is 0 Å². The molecule has 0 aliphatic heterocycles. The molecule has 2 aliphatic carbocycles. The summed E-state index contributed by atoms with van der Waals surface area (Å²) >= 11 is 0. The summed E-state index contributed by atoms with van der Waals surface area (Å²) in [6.45, 7) is 2.16. The van der Waals surface area contributed by atoms with Gasteiger partial charge in [0, 0.05) is 5.54 Å². The predicted octanol–water partition coefficient (Wildman–Crippen LogP) is 2.22. The van der Waals surface area contributed by atoms with Crippen LogP contribution in [-0.4, -0.2) is 5.54 Å². The van der Waals surface area contributed by atoms with Gasteiger partial charge in [0.25, 0.3) is 0 Å². The van der Waals surface area contributed by atoms with Gasteiger partial charge in [-0.05, 0) is 44.9 Å². The maximum Gasteiger partial charge on any atom is 0.0315 e. The topological polar surface area (TPSA) is 26.0 Å². The lowest BCUT2D eigenvalue weighted by molar-refractivity contribution is 0.307. The normalized spacial score (nSPS) is 43.5. The average Bonchev–Trinajstić information content (AvgIpc) is 1.82. The number of rotatable bonds is 0. The molecule has 2 rings (SSSR count). The van der Waals surface area contributed by atoms with Crippen molar-refractivity contribution in [2.75, 3.05) is 0 Å². The molecule has 0 aromatic heterocycles. The Morgan fingerprint density at radius 3 is 3.18 bits per heavy atom. The van der Waals surface area contributed by atoms with Crippen LogP contribution in [0.15, 0.2) is 11.6 Å². The summed E-state index contributed by atoms with van der Waals surface area (Å²) in [5, 5.41) is 0. The van der Waals surface area contributed by atoms with E-state index in [0.717, 1.165) is 5.92 Å². The SMILES string of the molecule is CC1(N)C=C2CCCC(C2)C1. The Kier molecular flexibility index (Phi) is 1.57. The Morgan fingerprint density at radius 2 is 2.45 bits per heavy atom. The molecule has 1 saturated carbocycles. The van der Waals surface area contributed by atoms with Crippen molar-refractivity contribution in [3.63, 3.8) is 0 Å². The minimum atomic E-state index is 0.0126. The van der Waals surface area contributed by atoms with E-state index in [2.05, 4.69) is 13.0 Å². The molecule has 2 aliphatic rings. The third-order valence-electron chi connectivity index (χ3n) is 2.92. The summed E-state index contributed by atoms with van der Waals surface area (Å²) in [6.07, 6.45) is 8.96. The number of fused-ring (bicyclic) bond motifs is 2. The third kappa shape index (κ3) is 1.48. The number of hydrogen-bond acceptors (Lipinski definition) is 1. The minimum absolute atomic E-state index is 0.0126. The molecule has 1 heteroatoms. The van der Waals surface area contributed by atoms with Gasteiger partial charge < -0.3 is 5.73 Å². The van der Waals surface area contributed by atoms with E-state index in [-0.39, 0.29) is 5.54 Å². The smallest absolute Gasteiger partial charge is 0.0315 e. The highest BCUT2D eigenvalue weighted by atomic mass is 14.7. The van der Waals surface area contributed by atoms with Gasteiger partial charge in [-0.1, -0.05) is 11.6 Å². The Labute approximate surface area is 68.7 Å². The van der Waals surface area contributed by atoms with Crippen LogP contribution in [-0.2, 0) is 0 Å². The molecule has 0 amide bonds. The highest BCUT2D eigenvalue weighted by molar-refractivity contribution is 5.19. The predicted molar refractivity (Wildman–Crippen MR) is 47.3 cm³/mol. The first-order chi connectivity index (χ1) is 5.16. The van der Waals surface area contributed by atoms with E-state index < -0.39 is 0 Å². The molecule has 2 atom stereocenters. The average molecular weight is 151 g/mol. The first-order valence-electron chi connectivity index (χ1n) is 4.65. The van der Waals surface area contributed by atoms with Gasteiger partial charge in [-0.15, -0.1) is 0 Å². The van der Waals surface area contributed by atoms with E-state index in [1.807, 2.05) is 0 Å². The fraction of sp³-hybridized carbons (Fsp3) is 0.800. The Bertz CT molecular complexity index is 191. The lowest BCUT2D eigenvalue weighted by atomic mass is 9.72. The van der Waals surface area contributed by atoms with Gasteiger partial charge in [0.2, 0.25) is 0 Å². The zero-order valence-electron chi connectivity index (χ0n) is 7.27. The van der Waals surface area contributed by atoms with Crippen molar-refractivity contribution >= 4 is 0 Å². The van der Waals surface area contributed by atoms with E-state index in [9.17, 15) is 0 Å². The second-order valence-electron chi connectivity index (χ2n) is 4.47. The van der Waals surface area contributed by atoms with E-state index in [0.29, 0.717) is 0 Å². The number of hydrogen-bond donors (Lipinski definition) is 1. The van der Waals surface area contributed by atoms with Crippen LogP contribution in [0.3, 0.4) is 0 Å². The van der Waals surface area contributed by atoms with Gasteiger partial charge in [0.15, 0.2) is 0 Å². The quantitative estimate of drug-likeness (QED) is 0.528. The first kappa shape index (κ1) is 7.35. The maximum atomic E-state index is 6.09. The van der Waals surface area contributed by atoms with E-state index in [1.165, 1.54) is 32.1 Å². The summed E-state index contributed by atoms with van der Waals surface area (Å²) in [4.78, 5) is 0. The maximum absolute atomic E-state index is 6.09. The van der Waals surface area contributed by atoms with Crippen molar-refractivity contribution in [2.24, 2.45) is 11.7 Å². The summed E-state index contributed by atoms with van der Waals surface area (Å²) < 4.78 is 0. The molecule has 1 nitrogen and oxygen atoms in total. The van der Waals surface area contributed by atoms with Crippen molar-refractivity contribution in [2.45, 2.75) is 44.6 Å². The largest absolute Gasteiger partial charge is 0.322 e. The summed E-state index contributed by atoms with van der Waals surface area (Å²) in [5.74, 6) is 0.902. The van der Waals surface area contributed by atoms with Gasteiger partial charge in [-0.3, -0.25) is 0 Å². The van der Waals surface area contributed by atoms with Crippen LogP contribution >= 0.6 is 0 Å². The second kappa shape index (κ2) is 2.34. The number of allylic oxidation sites excluding steroid dienone is 1. The second-order valence-corrected chi connectivity index (χ2v) is 4.47. The van der Waals surface area contributed by atoms with Crippen molar-refractivity contribution in [3.8, 4) is 0 Å². The molecule has 0 spiro atoms. The van der Waals surface area contributed by atoms with Gasteiger partial charge in [0.1, 0.15) is 0 Å². The van der Waals surface area contributed by atoms with Gasteiger partial charge in [-0.2, -0.15) is 0 Å². The molecular weight excluding hydrogens is 134 g/mol. The molecule has 0 aromatic rings. The fourth-order valence-electron chi connectivity index (χ4n) is 2.65. The Hall–Kier alpha value is -0.300. The van der Waals surface area contributed by atoms with E-state index in [4.69, 9.17) is 5.73 Å². The lowest BCUT2D eigenvalue weighted by Crippen LogP contribution is -2.40. The minimum Gasteiger partial charge on any atom is -0.322 e. The van der Waals surface area contributed by atoms with Crippen LogP contribution in [0, 0.1) is 5.92 Å². The standard InChI is InChI=1S/C10H17N/c1-10(11)6-8-3-2-4-9(5-8)7-10/h6,9H,2-5,7,11H2,1H3. The summed E-state index contributed by atoms with van der Waals surface area (Å²) in [7, 11) is 0. The van der Waals surface area contributed by atoms with Gasteiger partial charge in [0.05, 0.1) is 0 Å². The fourth-order valence-corrected chi connectivity index (χ4v) is 2.65. The molecule has 0 radical (unpaired) electrons. The van der Waals surface area contributed by atoms with Crippen molar-refractivity contribution < 1.29 is 0 Å². The van der Waals surface area contributed by atoms with E-state index in [1.54, 1.807) is 5.57 Å². The van der Waals surface area contributed by atoms with Crippen LogP contribution in [0.2, 0.25) is 0 Å². The highest BCUT2D eigenvalue weighted by Gasteiger charge is 2.30. The molecule has 2 N–H and O–H groups in total. The molecule has 62 valence electrons. The zero-order chi connectivity index (χ0) is 7.90. The van der Waals surface area contributed by atoms with Crippen molar-refractivity contribution in [1.82, 2.24) is 0 Å². The number of nitrogens with two attached hydrogens (primary N) is 1. The van der Waals surface area contributed by atoms with Crippen LogP contribution in [0.5, 0.6) is 0 Å². The van der Waals surface area contributed by atoms with Crippen molar-refractivity contribution in [3.05, 3.63) is 11.6 Å². The van der Waals surface area contributed by atoms with Crippen molar-refractivity contribution in [1.29, 1.82) is 0 Å². The molecule has 2 unspecified atom stereocenters. The molecule has 0 heterocycles. The van der Waals surface area contributed by atoms with Crippen LogP contribution in [0.25, 0.3) is 0 Å². The third-order valence-corrected chi connectivity index (χ3v) is 2.92. The first-order valence-corrected chi connectivity index (χ1v) is 4.65.